The lowest BCUT2D eigenvalue weighted by atomic mass is 10.0. The van der Waals surface area contributed by atoms with Crippen LogP contribution in [0.2, 0.25) is 0 Å². The average molecular weight is 752 g/mol. The molecule has 2 unspecified atom stereocenters. The maximum atomic E-state index is 12.5. The van der Waals surface area contributed by atoms with Crippen LogP contribution in [0.4, 0.5) is 0 Å². The second-order valence-electron chi connectivity index (χ2n) is 15.1. The van der Waals surface area contributed by atoms with Gasteiger partial charge in [0.05, 0.1) is 0 Å². The second-order valence-corrected chi connectivity index (χ2v) is 15.1. The second kappa shape index (κ2) is 44.5. The molecule has 0 amide bonds. The Morgan fingerprint density at radius 2 is 0.849 bits per heavy atom. The molecule has 0 heterocycles. The molecule has 0 aromatic rings. The first kappa shape index (κ1) is 53.2. The summed E-state index contributed by atoms with van der Waals surface area (Å²) >= 11 is 0. The van der Waals surface area contributed by atoms with Crippen LogP contribution in [0.3, 0.4) is 0 Å². The molecule has 0 aliphatic rings. The van der Waals surface area contributed by atoms with Crippen molar-refractivity contribution in [1.82, 2.24) is 0 Å². The SMILES string of the molecule is CCCCC(CCC)OC(=O)CCCN.CCCCCC/C=C\COC(=O)CCCCCCCC(=O)OC(CCCCCCC)CCCCCCCC. The summed E-state index contributed by atoms with van der Waals surface area (Å²) < 4.78 is 16.6. The Morgan fingerprint density at radius 1 is 0.434 bits per heavy atom. The molecule has 0 aliphatic heterocycles. The van der Waals surface area contributed by atoms with Gasteiger partial charge in [0.1, 0.15) is 18.8 Å². The molecule has 2 N–H and O–H groups in total. The normalized spacial score (nSPS) is 12.3. The first-order valence-corrected chi connectivity index (χ1v) is 22.8. The van der Waals surface area contributed by atoms with Gasteiger partial charge in [-0.05, 0) is 77.2 Å². The third-order valence-corrected chi connectivity index (χ3v) is 9.67. The van der Waals surface area contributed by atoms with Gasteiger partial charge in [-0.2, -0.15) is 0 Å². The number of unbranched alkanes of at least 4 members (excludes halogenated alkanes) is 18. The van der Waals surface area contributed by atoms with Crippen LogP contribution < -0.4 is 5.73 Å². The first-order valence-electron chi connectivity index (χ1n) is 22.8. The van der Waals surface area contributed by atoms with Crippen LogP contribution in [0, 0.1) is 0 Å². The third kappa shape index (κ3) is 42.7. The van der Waals surface area contributed by atoms with Crippen LogP contribution in [0.1, 0.15) is 240 Å². The topological polar surface area (TPSA) is 105 Å². The first-order chi connectivity index (χ1) is 25.9. The minimum Gasteiger partial charge on any atom is -0.462 e. The maximum absolute atomic E-state index is 12.5. The molecule has 2 atom stereocenters. The zero-order valence-electron chi connectivity index (χ0n) is 35.9. The largest absolute Gasteiger partial charge is 0.462 e. The Kier molecular flexibility index (Phi) is 44.7. The average Bonchev–Trinajstić information content (AvgIpc) is 3.15. The number of carbonyl (C=O) groups is 3. The van der Waals surface area contributed by atoms with Gasteiger partial charge in [-0.3, -0.25) is 14.4 Å². The third-order valence-electron chi connectivity index (χ3n) is 9.67. The number of esters is 3. The molecule has 0 aliphatic carbocycles. The monoisotopic (exact) mass is 752 g/mol. The Balaban J connectivity index is 0. The summed E-state index contributed by atoms with van der Waals surface area (Å²) in [7, 11) is 0. The molecular weight excluding hydrogens is 663 g/mol. The number of hydrogen-bond donors (Lipinski definition) is 1. The van der Waals surface area contributed by atoms with Crippen molar-refractivity contribution in [2.24, 2.45) is 5.73 Å². The predicted octanol–water partition coefficient (Wildman–Crippen LogP) is 13.4. The van der Waals surface area contributed by atoms with E-state index < -0.39 is 0 Å². The van der Waals surface area contributed by atoms with Gasteiger partial charge in [0, 0.05) is 19.3 Å². The van der Waals surface area contributed by atoms with E-state index >= 15 is 0 Å². The zero-order chi connectivity index (χ0) is 39.5. The number of nitrogens with two attached hydrogens (primary N) is 1. The van der Waals surface area contributed by atoms with E-state index in [1.807, 2.05) is 6.08 Å². The molecule has 0 saturated heterocycles. The molecule has 0 saturated carbocycles. The van der Waals surface area contributed by atoms with E-state index in [2.05, 4.69) is 40.7 Å². The summed E-state index contributed by atoms with van der Waals surface area (Å²) in [6, 6.07) is 0. The standard InChI is InChI=1S/C34H64O4.C12H25NO2/c1-4-7-10-13-15-21-26-31-37-33(35)29-24-19-16-20-25-30-34(36)38-32(27-22-17-12-9-6-3)28-23-18-14-11-8-5-2;1-3-5-8-11(7-4-2)15-12(14)9-6-10-13/h21,26,32H,4-20,22-25,27-31H2,1-3H3;11H,3-10,13H2,1-2H3/b26-21-;. The molecule has 0 aromatic heterocycles. The van der Waals surface area contributed by atoms with Gasteiger partial charge < -0.3 is 19.9 Å². The molecule has 314 valence electrons. The molecule has 0 spiro atoms. The number of carbonyl (C=O) groups excluding carboxylic acids is 3. The minimum atomic E-state index is -0.102. The van der Waals surface area contributed by atoms with Gasteiger partial charge in [-0.25, -0.2) is 0 Å². The molecule has 0 rings (SSSR count). The van der Waals surface area contributed by atoms with Crippen molar-refractivity contribution in [1.29, 1.82) is 0 Å². The Bertz CT molecular complexity index is 816. The van der Waals surface area contributed by atoms with E-state index in [1.165, 1.54) is 96.3 Å². The smallest absolute Gasteiger partial charge is 0.306 e. The van der Waals surface area contributed by atoms with E-state index in [4.69, 9.17) is 19.9 Å². The molecule has 7 nitrogen and oxygen atoms in total. The summed E-state index contributed by atoms with van der Waals surface area (Å²) in [4.78, 5) is 35.7. The zero-order valence-corrected chi connectivity index (χ0v) is 35.9. The van der Waals surface area contributed by atoms with Crippen LogP contribution in [0.25, 0.3) is 0 Å². The van der Waals surface area contributed by atoms with Crippen LogP contribution in [-0.2, 0) is 28.6 Å². The maximum Gasteiger partial charge on any atom is 0.306 e. The summed E-state index contributed by atoms with van der Waals surface area (Å²) in [5, 5.41) is 0. The van der Waals surface area contributed by atoms with E-state index in [0.717, 1.165) is 89.9 Å². The molecular formula is C46H89NO6. The van der Waals surface area contributed by atoms with Crippen LogP contribution in [-0.4, -0.2) is 43.3 Å². The van der Waals surface area contributed by atoms with Gasteiger partial charge in [-0.1, -0.05) is 162 Å². The fraction of sp³-hybridized carbons (Fsp3) is 0.891. The van der Waals surface area contributed by atoms with Crippen molar-refractivity contribution in [2.75, 3.05) is 13.2 Å². The minimum absolute atomic E-state index is 0.0171. The van der Waals surface area contributed by atoms with Crippen LogP contribution in [0.5, 0.6) is 0 Å². The highest BCUT2D eigenvalue weighted by molar-refractivity contribution is 5.70. The molecule has 0 aromatic carbocycles. The molecule has 0 fully saturated rings. The van der Waals surface area contributed by atoms with Gasteiger partial charge in [0.25, 0.3) is 0 Å². The van der Waals surface area contributed by atoms with Gasteiger partial charge >= 0.3 is 17.9 Å². The number of ether oxygens (including phenoxy) is 3. The van der Waals surface area contributed by atoms with Crippen LogP contribution in [0.15, 0.2) is 12.2 Å². The quantitative estimate of drug-likeness (QED) is 0.0290. The molecule has 53 heavy (non-hydrogen) atoms. The summed E-state index contributed by atoms with van der Waals surface area (Å²) in [6.45, 7) is 11.9. The van der Waals surface area contributed by atoms with E-state index in [-0.39, 0.29) is 30.1 Å². The van der Waals surface area contributed by atoms with Gasteiger partial charge in [0.15, 0.2) is 0 Å². The van der Waals surface area contributed by atoms with Crippen molar-refractivity contribution in [2.45, 2.75) is 252 Å². The predicted molar refractivity (Wildman–Crippen MR) is 225 cm³/mol. The lowest BCUT2D eigenvalue weighted by molar-refractivity contribution is -0.151. The highest BCUT2D eigenvalue weighted by Gasteiger charge is 2.15. The van der Waals surface area contributed by atoms with Crippen molar-refractivity contribution in [3.05, 3.63) is 12.2 Å². The highest BCUT2D eigenvalue weighted by Crippen LogP contribution is 2.18. The van der Waals surface area contributed by atoms with Crippen molar-refractivity contribution >= 4 is 17.9 Å². The number of hydrogen-bond acceptors (Lipinski definition) is 7. The van der Waals surface area contributed by atoms with Crippen molar-refractivity contribution in [3.8, 4) is 0 Å². The summed E-state index contributed by atoms with van der Waals surface area (Å²) in [5.74, 6) is -0.207. The van der Waals surface area contributed by atoms with Crippen LogP contribution >= 0.6 is 0 Å². The highest BCUT2D eigenvalue weighted by atomic mass is 16.5. The fourth-order valence-electron chi connectivity index (χ4n) is 6.30. The van der Waals surface area contributed by atoms with Gasteiger partial charge in [-0.15, -0.1) is 0 Å². The lowest BCUT2D eigenvalue weighted by Gasteiger charge is -2.18. The molecule has 7 heteroatoms. The Morgan fingerprint density at radius 3 is 1.36 bits per heavy atom. The number of allylic oxidation sites excluding steroid dienone is 1. The molecule has 0 bridgehead atoms. The Hall–Kier alpha value is -1.89. The van der Waals surface area contributed by atoms with E-state index in [1.54, 1.807) is 0 Å². The lowest BCUT2D eigenvalue weighted by Crippen LogP contribution is -2.18. The Labute approximate surface area is 329 Å². The summed E-state index contributed by atoms with van der Waals surface area (Å²) in [5.41, 5.74) is 5.34. The fourth-order valence-corrected chi connectivity index (χ4v) is 6.30. The molecule has 0 radical (unpaired) electrons. The van der Waals surface area contributed by atoms with Crippen molar-refractivity contribution in [3.63, 3.8) is 0 Å². The van der Waals surface area contributed by atoms with E-state index in [9.17, 15) is 14.4 Å². The van der Waals surface area contributed by atoms with E-state index in [0.29, 0.717) is 32.4 Å². The number of rotatable bonds is 38. The summed E-state index contributed by atoms with van der Waals surface area (Å²) in [6.07, 6.45) is 38.8. The van der Waals surface area contributed by atoms with Crippen molar-refractivity contribution < 1.29 is 28.6 Å². The van der Waals surface area contributed by atoms with Gasteiger partial charge in [0.2, 0.25) is 0 Å².